The van der Waals surface area contributed by atoms with Crippen molar-refractivity contribution in [2.75, 3.05) is 6.54 Å². The van der Waals surface area contributed by atoms with E-state index in [1.54, 1.807) is 6.07 Å². The van der Waals surface area contributed by atoms with E-state index in [0.29, 0.717) is 16.8 Å². The topological polar surface area (TPSA) is 47.3 Å². The fourth-order valence-electron chi connectivity index (χ4n) is 1.55. The molecule has 0 aliphatic rings. The fourth-order valence-corrected chi connectivity index (χ4v) is 1.96. The third kappa shape index (κ3) is 3.77. The monoisotopic (exact) mass is 346 g/mol. The van der Waals surface area contributed by atoms with Gasteiger partial charge in [-0.05, 0) is 18.7 Å². The number of rotatable bonds is 6. The van der Waals surface area contributed by atoms with Gasteiger partial charge in [0.15, 0.2) is 17.3 Å². The molecule has 7 heteroatoms. The van der Waals surface area contributed by atoms with Crippen molar-refractivity contribution in [1.29, 1.82) is 0 Å². The molecule has 0 bridgehead atoms. The second kappa shape index (κ2) is 6.81. The first-order valence-electron chi connectivity index (χ1n) is 6.02. The highest BCUT2D eigenvalue weighted by Crippen LogP contribution is 2.26. The van der Waals surface area contributed by atoms with Gasteiger partial charge in [0.25, 0.3) is 0 Å². The molecule has 0 aliphatic heterocycles. The Balaban J connectivity index is 2.00. The van der Waals surface area contributed by atoms with Crippen molar-refractivity contribution in [3.05, 3.63) is 45.8 Å². The lowest BCUT2D eigenvalue weighted by Gasteiger charge is -2.06. The smallest absolute Gasteiger partial charge is 0.200 e. The lowest BCUT2D eigenvalue weighted by Crippen LogP contribution is -2.11. The molecule has 1 heterocycles. The first-order chi connectivity index (χ1) is 9.60. The van der Waals surface area contributed by atoms with Crippen molar-refractivity contribution in [3.63, 3.8) is 0 Å². The Labute approximate surface area is 123 Å². The Bertz CT molecular complexity index is 590. The van der Waals surface area contributed by atoms with Crippen LogP contribution in [-0.2, 0) is 13.2 Å². The Morgan fingerprint density at radius 2 is 2.15 bits per heavy atom. The lowest BCUT2D eigenvalue weighted by atomic mass is 10.3. The zero-order valence-electron chi connectivity index (χ0n) is 10.8. The summed E-state index contributed by atoms with van der Waals surface area (Å²) in [6.45, 7) is 3.36. The molecule has 0 saturated carbocycles. The Morgan fingerprint density at radius 1 is 1.35 bits per heavy atom. The van der Waals surface area contributed by atoms with Crippen LogP contribution in [0.15, 0.2) is 27.2 Å². The van der Waals surface area contributed by atoms with Gasteiger partial charge in [-0.25, -0.2) is 4.39 Å². The van der Waals surface area contributed by atoms with Crippen LogP contribution in [0.1, 0.15) is 18.4 Å². The molecular formula is C13H13BrF2N2O2. The van der Waals surface area contributed by atoms with E-state index in [4.69, 9.17) is 9.26 Å². The Morgan fingerprint density at radius 3 is 2.90 bits per heavy atom. The maximum atomic E-state index is 13.5. The molecule has 0 fully saturated rings. The van der Waals surface area contributed by atoms with Crippen LogP contribution < -0.4 is 10.1 Å². The highest BCUT2D eigenvalue weighted by molar-refractivity contribution is 9.10. The summed E-state index contributed by atoms with van der Waals surface area (Å²) in [5.41, 5.74) is 0.728. The van der Waals surface area contributed by atoms with Crippen molar-refractivity contribution in [2.45, 2.75) is 20.1 Å². The van der Waals surface area contributed by atoms with E-state index in [1.165, 1.54) is 6.07 Å². The Hall–Kier alpha value is -1.47. The van der Waals surface area contributed by atoms with Crippen molar-refractivity contribution in [2.24, 2.45) is 0 Å². The van der Waals surface area contributed by atoms with Gasteiger partial charge in [-0.2, -0.15) is 4.39 Å². The van der Waals surface area contributed by atoms with Gasteiger partial charge in [0.2, 0.25) is 5.82 Å². The number of hydrogen-bond acceptors (Lipinski definition) is 4. The van der Waals surface area contributed by atoms with Crippen LogP contribution in [-0.4, -0.2) is 11.7 Å². The minimum absolute atomic E-state index is 0.0219. The molecular weight excluding hydrogens is 334 g/mol. The number of hydrogen-bond donors (Lipinski definition) is 1. The van der Waals surface area contributed by atoms with E-state index in [2.05, 4.69) is 26.4 Å². The summed E-state index contributed by atoms with van der Waals surface area (Å²) in [7, 11) is 0. The number of halogens is 3. The maximum Gasteiger partial charge on any atom is 0.200 e. The molecule has 20 heavy (non-hydrogen) atoms. The van der Waals surface area contributed by atoms with Crippen LogP contribution >= 0.6 is 15.9 Å². The van der Waals surface area contributed by atoms with Crippen LogP contribution in [0.4, 0.5) is 8.78 Å². The zero-order valence-corrected chi connectivity index (χ0v) is 12.3. The van der Waals surface area contributed by atoms with E-state index >= 15 is 0 Å². The average Bonchev–Trinajstić information content (AvgIpc) is 2.86. The van der Waals surface area contributed by atoms with Gasteiger partial charge in [-0.3, -0.25) is 0 Å². The molecule has 0 aliphatic carbocycles. The van der Waals surface area contributed by atoms with E-state index in [0.717, 1.165) is 18.3 Å². The van der Waals surface area contributed by atoms with Crippen LogP contribution in [0.2, 0.25) is 0 Å². The maximum absolute atomic E-state index is 13.5. The van der Waals surface area contributed by atoms with E-state index < -0.39 is 11.6 Å². The van der Waals surface area contributed by atoms with Gasteiger partial charge in [-0.1, -0.05) is 28.0 Å². The number of aromatic nitrogens is 1. The van der Waals surface area contributed by atoms with Crippen molar-refractivity contribution < 1.29 is 18.0 Å². The highest BCUT2D eigenvalue weighted by Gasteiger charge is 2.12. The second-order valence-electron chi connectivity index (χ2n) is 4.05. The molecule has 1 N–H and O–H groups in total. The summed E-state index contributed by atoms with van der Waals surface area (Å²) < 4.78 is 37.3. The summed E-state index contributed by atoms with van der Waals surface area (Å²) in [6, 6.07) is 4.09. The quantitative estimate of drug-likeness (QED) is 0.814. The predicted octanol–water partition coefficient (Wildman–Crippen LogP) is 3.40. The van der Waals surface area contributed by atoms with Gasteiger partial charge in [-0.15, -0.1) is 0 Å². The first kappa shape index (κ1) is 14.9. The summed E-state index contributed by atoms with van der Waals surface area (Å²) in [5.74, 6) is -1.74. The minimum Gasteiger partial charge on any atom is -0.482 e. The zero-order chi connectivity index (χ0) is 14.5. The van der Waals surface area contributed by atoms with Gasteiger partial charge >= 0.3 is 0 Å². The van der Waals surface area contributed by atoms with Gasteiger partial charge in [0.05, 0.1) is 5.69 Å². The summed E-state index contributed by atoms with van der Waals surface area (Å²) in [4.78, 5) is 0. The molecule has 2 aromatic rings. The third-order valence-corrected chi connectivity index (χ3v) is 2.95. The van der Waals surface area contributed by atoms with Crippen LogP contribution in [0.25, 0.3) is 0 Å². The molecule has 1 aromatic heterocycles. The van der Waals surface area contributed by atoms with Crippen molar-refractivity contribution in [1.82, 2.24) is 10.5 Å². The van der Waals surface area contributed by atoms with Gasteiger partial charge in [0.1, 0.15) is 6.61 Å². The average molecular weight is 347 g/mol. The fraction of sp³-hybridized carbons (Fsp3) is 0.308. The standard InChI is InChI=1S/C13H13BrF2N2O2/c1-2-17-6-9-5-10(20-18-9)7-19-12-4-8(14)3-11(15)13(12)16/h3-5,17H,2,6-7H2,1H3. The second-order valence-corrected chi connectivity index (χ2v) is 4.97. The van der Waals surface area contributed by atoms with E-state index in [1.807, 2.05) is 6.92 Å². The lowest BCUT2D eigenvalue weighted by molar-refractivity contribution is 0.236. The molecule has 2 rings (SSSR count). The molecule has 0 atom stereocenters. The molecule has 0 amide bonds. The van der Waals surface area contributed by atoms with Gasteiger partial charge < -0.3 is 14.6 Å². The van der Waals surface area contributed by atoms with Crippen LogP contribution in [0.5, 0.6) is 5.75 Å². The molecule has 4 nitrogen and oxygen atoms in total. The number of nitrogens with one attached hydrogen (secondary N) is 1. The SMILES string of the molecule is CCNCc1cc(COc2cc(Br)cc(F)c2F)on1. The van der Waals surface area contributed by atoms with Gasteiger partial charge in [0, 0.05) is 17.1 Å². The molecule has 0 saturated heterocycles. The normalized spacial score (nSPS) is 10.8. The molecule has 0 spiro atoms. The summed E-state index contributed by atoms with van der Waals surface area (Å²) in [6.07, 6.45) is 0. The van der Waals surface area contributed by atoms with Crippen LogP contribution in [0, 0.1) is 11.6 Å². The summed E-state index contributed by atoms with van der Waals surface area (Å²) in [5, 5.41) is 6.93. The van der Waals surface area contributed by atoms with E-state index in [-0.39, 0.29) is 12.4 Å². The molecule has 108 valence electrons. The first-order valence-corrected chi connectivity index (χ1v) is 6.82. The van der Waals surface area contributed by atoms with E-state index in [9.17, 15) is 8.78 Å². The molecule has 1 aromatic carbocycles. The highest BCUT2D eigenvalue weighted by atomic mass is 79.9. The molecule has 0 unspecified atom stereocenters. The Kier molecular flexibility index (Phi) is 5.08. The summed E-state index contributed by atoms with van der Waals surface area (Å²) >= 11 is 3.08. The third-order valence-electron chi connectivity index (χ3n) is 2.49. The minimum atomic E-state index is -1.03. The number of benzene rings is 1. The number of ether oxygens (including phenoxy) is 1. The van der Waals surface area contributed by atoms with Crippen molar-refractivity contribution >= 4 is 15.9 Å². The van der Waals surface area contributed by atoms with Crippen molar-refractivity contribution in [3.8, 4) is 5.75 Å². The van der Waals surface area contributed by atoms with Crippen LogP contribution in [0.3, 0.4) is 0 Å². The largest absolute Gasteiger partial charge is 0.482 e. The predicted molar refractivity (Wildman–Crippen MR) is 72.3 cm³/mol. The number of nitrogens with zero attached hydrogens (tertiary/aromatic N) is 1. The molecule has 0 radical (unpaired) electrons.